The Morgan fingerprint density at radius 1 is 0.800 bits per heavy atom. The van der Waals surface area contributed by atoms with E-state index in [1.54, 1.807) is 0 Å². The van der Waals surface area contributed by atoms with Crippen LogP contribution in [0.3, 0.4) is 0 Å². The number of carbonyl (C=O) groups excluding carboxylic acids is 1. The Kier molecular flexibility index (Phi) is 21.1. The molecule has 0 amide bonds. The van der Waals surface area contributed by atoms with Gasteiger partial charge in [0.1, 0.15) is 0 Å². The van der Waals surface area contributed by atoms with E-state index >= 15 is 0 Å². The molecule has 0 saturated carbocycles. The maximum atomic E-state index is 11.8. The van der Waals surface area contributed by atoms with Crippen molar-refractivity contribution in [1.82, 2.24) is 4.72 Å². The Hall–Kier alpha value is 0.380. The number of rotatable bonds is 18. The summed E-state index contributed by atoms with van der Waals surface area (Å²) in [5.74, 6) is -0.848. The Morgan fingerprint density at radius 3 is 1.80 bits per heavy atom. The van der Waals surface area contributed by atoms with Crippen LogP contribution in [0.25, 0.3) is 0 Å². The molecule has 144 valence electrons. The second kappa shape index (κ2) is 19.2. The zero-order valence-electron chi connectivity index (χ0n) is 16.4. The van der Waals surface area contributed by atoms with E-state index in [-0.39, 0.29) is 41.7 Å². The topological polar surface area (TPSA) is 86.3 Å². The molecule has 1 N–H and O–H groups in total. The van der Waals surface area contributed by atoms with Crippen LogP contribution in [0, 0.1) is 0 Å². The average Bonchev–Trinajstić information content (AvgIpc) is 2.52. The number of carbonyl (C=O) groups is 1. The first-order chi connectivity index (χ1) is 11.5. The van der Waals surface area contributed by atoms with Crippen LogP contribution in [0.4, 0.5) is 0 Å². The van der Waals surface area contributed by atoms with Gasteiger partial charge in [0.2, 0.25) is 10.0 Å². The maximum Gasteiger partial charge on any atom is 1.00 e. The van der Waals surface area contributed by atoms with Crippen molar-refractivity contribution in [2.24, 2.45) is 0 Å². The third-order valence-corrected chi connectivity index (χ3v) is 5.62. The monoisotopic (exact) mass is 385 g/mol. The average molecular weight is 386 g/mol. The summed E-state index contributed by atoms with van der Waals surface area (Å²) in [5.41, 5.74) is 0. The molecule has 0 aliphatic rings. The standard InChI is InChI=1S/C18H37NO4S.Na/c1-2-3-4-5-6-7-8-9-10-14-17-24(22,23)19-16-13-11-12-15-18(20)21;/h19H,2-17H2,1H3,(H,20,21);/q;+1/p-1. The molecule has 0 rings (SSSR count). The number of carboxylic acids is 1. The largest absolute Gasteiger partial charge is 1.00 e. The molecule has 0 radical (unpaired) electrons. The third-order valence-electron chi connectivity index (χ3n) is 4.15. The molecule has 0 fully saturated rings. The van der Waals surface area contributed by atoms with Crippen molar-refractivity contribution >= 4 is 16.0 Å². The molecule has 0 aromatic heterocycles. The van der Waals surface area contributed by atoms with Gasteiger partial charge in [0.25, 0.3) is 0 Å². The Bertz CT molecular complexity index is 402. The van der Waals surface area contributed by atoms with Crippen molar-refractivity contribution in [2.75, 3.05) is 12.3 Å². The Labute approximate surface area is 177 Å². The molecule has 0 aliphatic carbocycles. The summed E-state index contributed by atoms with van der Waals surface area (Å²) in [7, 11) is -3.17. The van der Waals surface area contributed by atoms with E-state index in [0.717, 1.165) is 19.3 Å². The predicted molar refractivity (Wildman–Crippen MR) is 97.1 cm³/mol. The van der Waals surface area contributed by atoms with Crippen LogP contribution in [0.1, 0.15) is 96.8 Å². The van der Waals surface area contributed by atoms with Crippen LogP contribution in [0.15, 0.2) is 0 Å². The third kappa shape index (κ3) is 22.3. The van der Waals surface area contributed by atoms with Crippen molar-refractivity contribution in [3.05, 3.63) is 0 Å². The van der Waals surface area contributed by atoms with Crippen LogP contribution < -0.4 is 39.4 Å². The van der Waals surface area contributed by atoms with Gasteiger partial charge in [-0.25, -0.2) is 13.1 Å². The summed E-state index contributed by atoms with van der Waals surface area (Å²) in [6.07, 6.45) is 13.8. The van der Waals surface area contributed by atoms with Gasteiger partial charge in [-0.05, 0) is 25.7 Å². The van der Waals surface area contributed by atoms with E-state index in [2.05, 4.69) is 11.6 Å². The second-order valence-corrected chi connectivity index (χ2v) is 8.50. The Balaban J connectivity index is 0. The fourth-order valence-electron chi connectivity index (χ4n) is 2.65. The summed E-state index contributed by atoms with van der Waals surface area (Å²) >= 11 is 0. The SMILES string of the molecule is CCCCCCCCCCCCS(=O)(=O)NCCCCCC(=O)[O-].[Na+]. The van der Waals surface area contributed by atoms with Crippen LogP contribution in [-0.4, -0.2) is 26.7 Å². The number of carboxylic acid groups (broad SMARTS) is 1. The van der Waals surface area contributed by atoms with Gasteiger partial charge in [0.05, 0.1) is 5.75 Å². The summed E-state index contributed by atoms with van der Waals surface area (Å²) < 4.78 is 26.2. The van der Waals surface area contributed by atoms with Crippen molar-refractivity contribution in [1.29, 1.82) is 0 Å². The molecule has 0 bridgehead atoms. The summed E-state index contributed by atoms with van der Waals surface area (Å²) in [6, 6.07) is 0. The van der Waals surface area contributed by atoms with Crippen LogP contribution in [0.2, 0.25) is 0 Å². The second-order valence-electron chi connectivity index (χ2n) is 6.58. The molecule has 0 aromatic rings. The quantitative estimate of drug-likeness (QED) is 0.269. The molecular weight excluding hydrogens is 349 g/mol. The normalized spacial score (nSPS) is 11.2. The van der Waals surface area contributed by atoms with Gasteiger partial charge in [-0.15, -0.1) is 0 Å². The summed E-state index contributed by atoms with van der Waals surface area (Å²) in [4.78, 5) is 10.2. The molecule has 0 unspecified atom stereocenters. The van der Waals surface area contributed by atoms with Crippen LogP contribution in [-0.2, 0) is 14.8 Å². The first-order valence-electron chi connectivity index (χ1n) is 9.65. The first kappa shape index (κ1) is 27.6. The first-order valence-corrected chi connectivity index (χ1v) is 11.3. The molecular formula is C18H36NNaO4S. The zero-order valence-corrected chi connectivity index (χ0v) is 19.2. The minimum Gasteiger partial charge on any atom is -0.550 e. The number of nitrogens with one attached hydrogen (secondary N) is 1. The van der Waals surface area contributed by atoms with Gasteiger partial charge in [-0.1, -0.05) is 71.1 Å². The van der Waals surface area contributed by atoms with Crippen molar-refractivity contribution < 1.29 is 47.9 Å². The van der Waals surface area contributed by atoms with E-state index in [1.165, 1.54) is 44.9 Å². The van der Waals surface area contributed by atoms with Gasteiger partial charge in [0.15, 0.2) is 0 Å². The van der Waals surface area contributed by atoms with Crippen molar-refractivity contribution in [2.45, 2.75) is 96.8 Å². The molecule has 0 spiro atoms. The minimum atomic E-state index is -3.17. The Morgan fingerprint density at radius 2 is 1.28 bits per heavy atom. The molecule has 0 aliphatic heterocycles. The number of sulfonamides is 1. The molecule has 0 saturated heterocycles. The molecule has 25 heavy (non-hydrogen) atoms. The van der Waals surface area contributed by atoms with Crippen molar-refractivity contribution in [3.63, 3.8) is 0 Å². The number of unbranched alkanes of at least 4 members (excludes halogenated alkanes) is 11. The van der Waals surface area contributed by atoms with Gasteiger partial charge in [-0.3, -0.25) is 0 Å². The van der Waals surface area contributed by atoms with E-state index in [1.807, 2.05) is 0 Å². The predicted octanol–water partition coefficient (Wildman–Crippen LogP) is 0.141. The van der Waals surface area contributed by atoms with Crippen molar-refractivity contribution in [3.8, 4) is 0 Å². The van der Waals surface area contributed by atoms with Gasteiger partial charge in [0, 0.05) is 12.5 Å². The van der Waals surface area contributed by atoms with E-state index < -0.39 is 16.0 Å². The summed E-state index contributed by atoms with van der Waals surface area (Å²) in [5, 5.41) is 10.2. The molecule has 0 atom stereocenters. The fraction of sp³-hybridized carbons (Fsp3) is 0.944. The number of aliphatic carboxylic acids is 1. The maximum absolute atomic E-state index is 11.8. The van der Waals surface area contributed by atoms with Gasteiger partial charge >= 0.3 is 29.6 Å². The fourth-order valence-corrected chi connectivity index (χ4v) is 3.83. The van der Waals surface area contributed by atoms with E-state index in [9.17, 15) is 18.3 Å². The smallest absolute Gasteiger partial charge is 0.550 e. The van der Waals surface area contributed by atoms with Crippen LogP contribution in [0.5, 0.6) is 0 Å². The molecule has 0 aromatic carbocycles. The zero-order chi connectivity index (χ0) is 18.1. The van der Waals surface area contributed by atoms with E-state index in [0.29, 0.717) is 25.8 Å². The number of hydrogen-bond acceptors (Lipinski definition) is 4. The van der Waals surface area contributed by atoms with Gasteiger partial charge in [-0.2, -0.15) is 0 Å². The van der Waals surface area contributed by atoms with Crippen LogP contribution >= 0.6 is 0 Å². The minimum absolute atomic E-state index is 0. The van der Waals surface area contributed by atoms with Gasteiger partial charge < -0.3 is 9.90 Å². The number of hydrogen-bond donors (Lipinski definition) is 1. The molecule has 0 heterocycles. The summed E-state index contributed by atoms with van der Waals surface area (Å²) in [6.45, 7) is 2.62. The molecule has 7 heteroatoms. The molecule has 5 nitrogen and oxygen atoms in total. The van der Waals surface area contributed by atoms with E-state index in [4.69, 9.17) is 0 Å².